The maximum atomic E-state index is 6.05. The molecule has 3 rings (SSSR count). The zero-order valence-corrected chi connectivity index (χ0v) is 13.4. The minimum Gasteiger partial charge on any atom is -0.330 e. The molecule has 2 aromatic carbocycles. The quantitative estimate of drug-likeness (QED) is 0.885. The second-order valence-corrected chi connectivity index (χ2v) is 7.14. The van der Waals surface area contributed by atoms with Gasteiger partial charge in [-0.2, -0.15) is 0 Å². The van der Waals surface area contributed by atoms with Crippen LogP contribution in [0.15, 0.2) is 53.4 Å². The summed E-state index contributed by atoms with van der Waals surface area (Å²) in [5.41, 5.74) is 10.3. The van der Waals surface area contributed by atoms with E-state index in [1.807, 2.05) is 11.8 Å². The van der Waals surface area contributed by atoms with E-state index in [0.717, 1.165) is 13.0 Å². The minimum absolute atomic E-state index is 0.573. The summed E-state index contributed by atoms with van der Waals surface area (Å²) in [6.45, 7) is 2.93. The van der Waals surface area contributed by atoms with E-state index in [-0.39, 0.29) is 0 Å². The van der Waals surface area contributed by atoms with Crippen molar-refractivity contribution in [3.05, 3.63) is 65.2 Å². The van der Waals surface area contributed by atoms with Gasteiger partial charge >= 0.3 is 0 Å². The Kier molecular flexibility index (Phi) is 4.67. The third-order valence-electron chi connectivity index (χ3n) is 4.36. The van der Waals surface area contributed by atoms with Crippen LogP contribution in [0.3, 0.4) is 0 Å². The van der Waals surface area contributed by atoms with Gasteiger partial charge in [0.05, 0.1) is 0 Å². The standard InChI is InChI=1S/C19H23NS/c1-14-5-4-6-15(9-14)10-16(12-20)11-17-13-21-19-8-3-2-7-18(17)19/h2-9,16-17H,10-13,20H2,1H3. The van der Waals surface area contributed by atoms with E-state index in [9.17, 15) is 0 Å². The molecule has 0 fully saturated rings. The molecule has 2 heteroatoms. The predicted molar refractivity (Wildman–Crippen MR) is 92.0 cm³/mol. The van der Waals surface area contributed by atoms with Gasteiger partial charge in [0.1, 0.15) is 0 Å². The fraction of sp³-hybridized carbons (Fsp3) is 0.368. The minimum atomic E-state index is 0.573. The van der Waals surface area contributed by atoms with Crippen molar-refractivity contribution in [3.8, 4) is 0 Å². The summed E-state index contributed by atoms with van der Waals surface area (Å²) in [5, 5.41) is 0. The average Bonchev–Trinajstić information content (AvgIpc) is 2.90. The van der Waals surface area contributed by atoms with Crippen LogP contribution < -0.4 is 5.73 Å². The average molecular weight is 297 g/mol. The van der Waals surface area contributed by atoms with Crippen molar-refractivity contribution in [3.63, 3.8) is 0 Å². The Balaban J connectivity index is 1.68. The lowest BCUT2D eigenvalue weighted by Gasteiger charge is -2.20. The lowest BCUT2D eigenvalue weighted by molar-refractivity contribution is 0.457. The van der Waals surface area contributed by atoms with Crippen LogP contribution in [-0.4, -0.2) is 12.3 Å². The Labute approximate surface area is 132 Å². The zero-order valence-electron chi connectivity index (χ0n) is 12.6. The molecule has 110 valence electrons. The number of rotatable bonds is 5. The second-order valence-electron chi connectivity index (χ2n) is 6.08. The van der Waals surface area contributed by atoms with Crippen LogP contribution in [0.25, 0.3) is 0 Å². The molecule has 2 aromatic rings. The summed E-state index contributed by atoms with van der Waals surface area (Å²) in [7, 11) is 0. The van der Waals surface area contributed by atoms with E-state index in [1.165, 1.54) is 33.8 Å². The first-order chi connectivity index (χ1) is 10.3. The second kappa shape index (κ2) is 6.67. The van der Waals surface area contributed by atoms with Crippen molar-refractivity contribution >= 4 is 11.8 Å². The van der Waals surface area contributed by atoms with Gasteiger partial charge in [0.15, 0.2) is 0 Å². The molecule has 0 aromatic heterocycles. The normalized spacial score (nSPS) is 18.5. The number of benzene rings is 2. The fourth-order valence-corrected chi connectivity index (χ4v) is 4.53. The molecule has 0 amide bonds. The molecule has 1 aliphatic heterocycles. The summed E-state index contributed by atoms with van der Waals surface area (Å²) in [6.07, 6.45) is 2.30. The van der Waals surface area contributed by atoms with Crippen LogP contribution in [0, 0.1) is 12.8 Å². The van der Waals surface area contributed by atoms with Crippen LogP contribution in [0.1, 0.15) is 29.0 Å². The Morgan fingerprint density at radius 1 is 1.19 bits per heavy atom. The van der Waals surface area contributed by atoms with Gasteiger partial charge in [0.25, 0.3) is 0 Å². The van der Waals surface area contributed by atoms with Crippen LogP contribution in [-0.2, 0) is 6.42 Å². The van der Waals surface area contributed by atoms with Gasteiger partial charge in [0, 0.05) is 10.6 Å². The number of aryl methyl sites for hydroxylation is 1. The molecule has 0 saturated carbocycles. The highest BCUT2D eigenvalue weighted by Gasteiger charge is 2.25. The topological polar surface area (TPSA) is 26.0 Å². The number of hydrogen-bond acceptors (Lipinski definition) is 2. The number of nitrogens with two attached hydrogens (primary N) is 1. The van der Waals surface area contributed by atoms with E-state index in [2.05, 4.69) is 55.5 Å². The van der Waals surface area contributed by atoms with E-state index in [0.29, 0.717) is 11.8 Å². The Bertz CT molecular complexity index is 608. The molecule has 1 aliphatic rings. The maximum absolute atomic E-state index is 6.05. The molecular formula is C19H23NS. The summed E-state index contributed by atoms with van der Waals surface area (Å²) in [4.78, 5) is 1.47. The predicted octanol–water partition coefficient (Wildman–Crippen LogP) is 4.39. The third-order valence-corrected chi connectivity index (χ3v) is 5.61. The first kappa shape index (κ1) is 14.7. The smallest absolute Gasteiger partial charge is 0.0107 e. The van der Waals surface area contributed by atoms with Crippen molar-refractivity contribution in [1.82, 2.24) is 0 Å². The molecule has 0 spiro atoms. The first-order valence-electron chi connectivity index (χ1n) is 7.73. The lowest BCUT2D eigenvalue weighted by Crippen LogP contribution is -2.20. The van der Waals surface area contributed by atoms with Gasteiger partial charge in [0.2, 0.25) is 0 Å². The molecule has 21 heavy (non-hydrogen) atoms. The van der Waals surface area contributed by atoms with Gasteiger partial charge < -0.3 is 5.73 Å². The number of fused-ring (bicyclic) bond motifs is 1. The molecule has 0 bridgehead atoms. The van der Waals surface area contributed by atoms with Crippen molar-refractivity contribution in [1.29, 1.82) is 0 Å². The Hall–Kier alpha value is -1.25. The SMILES string of the molecule is Cc1cccc(CC(CN)CC2CSc3ccccc32)c1. The Morgan fingerprint density at radius 2 is 2.05 bits per heavy atom. The van der Waals surface area contributed by atoms with E-state index in [1.54, 1.807) is 0 Å². The number of hydrogen-bond donors (Lipinski definition) is 1. The molecule has 2 unspecified atom stereocenters. The molecule has 0 radical (unpaired) electrons. The molecule has 0 saturated heterocycles. The van der Waals surface area contributed by atoms with Gasteiger partial charge in [-0.05, 0) is 55.3 Å². The van der Waals surface area contributed by atoms with Gasteiger partial charge in [-0.1, -0.05) is 48.0 Å². The van der Waals surface area contributed by atoms with Crippen molar-refractivity contribution < 1.29 is 0 Å². The van der Waals surface area contributed by atoms with Crippen LogP contribution in [0.2, 0.25) is 0 Å². The fourth-order valence-electron chi connectivity index (χ4n) is 3.26. The summed E-state index contributed by atoms with van der Waals surface area (Å²) >= 11 is 2.00. The van der Waals surface area contributed by atoms with Crippen LogP contribution >= 0.6 is 11.8 Å². The highest BCUT2D eigenvalue weighted by Crippen LogP contribution is 2.42. The highest BCUT2D eigenvalue weighted by molar-refractivity contribution is 7.99. The summed E-state index contributed by atoms with van der Waals surface area (Å²) in [5.74, 6) is 2.46. The van der Waals surface area contributed by atoms with Gasteiger partial charge in [-0.25, -0.2) is 0 Å². The zero-order chi connectivity index (χ0) is 14.7. The Morgan fingerprint density at radius 3 is 2.86 bits per heavy atom. The van der Waals surface area contributed by atoms with E-state index >= 15 is 0 Å². The lowest BCUT2D eigenvalue weighted by atomic mass is 9.86. The molecule has 0 aliphatic carbocycles. The van der Waals surface area contributed by atoms with Crippen molar-refractivity contribution in [2.24, 2.45) is 11.7 Å². The van der Waals surface area contributed by atoms with E-state index in [4.69, 9.17) is 5.73 Å². The van der Waals surface area contributed by atoms with Crippen LogP contribution in [0.5, 0.6) is 0 Å². The molecule has 1 nitrogen and oxygen atoms in total. The molecule has 1 heterocycles. The van der Waals surface area contributed by atoms with Crippen molar-refractivity contribution in [2.45, 2.75) is 30.6 Å². The molecular weight excluding hydrogens is 274 g/mol. The molecule has 2 atom stereocenters. The van der Waals surface area contributed by atoms with Crippen molar-refractivity contribution in [2.75, 3.05) is 12.3 Å². The number of thioether (sulfide) groups is 1. The summed E-state index contributed by atoms with van der Waals surface area (Å²) < 4.78 is 0. The first-order valence-corrected chi connectivity index (χ1v) is 8.72. The summed E-state index contributed by atoms with van der Waals surface area (Å²) in [6, 6.07) is 17.7. The largest absolute Gasteiger partial charge is 0.330 e. The van der Waals surface area contributed by atoms with E-state index < -0.39 is 0 Å². The van der Waals surface area contributed by atoms with Gasteiger partial charge in [-0.3, -0.25) is 0 Å². The monoisotopic (exact) mass is 297 g/mol. The third kappa shape index (κ3) is 3.50. The molecule has 2 N–H and O–H groups in total. The van der Waals surface area contributed by atoms with Crippen LogP contribution in [0.4, 0.5) is 0 Å². The maximum Gasteiger partial charge on any atom is 0.0107 e. The van der Waals surface area contributed by atoms with Gasteiger partial charge in [-0.15, -0.1) is 11.8 Å². The highest BCUT2D eigenvalue weighted by atomic mass is 32.2.